The van der Waals surface area contributed by atoms with Crippen molar-refractivity contribution in [2.45, 2.75) is 6.54 Å². The second-order valence-corrected chi connectivity index (χ2v) is 4.87. The molecule has 0 amide bonds. The number of nitrogens with zero attached hydrogens (tertiary/aromatic N) is 2. The maximum absolute atomic E-state index is 13.2. The fraction of sp³-hybridized carbons (Fsp3) is 0.0667. The van der Waals surface area contributed by atoms with Gasteiger partial charge in [-0.1, -0.05) is 12.1 Å². The number of nitrogens with one attached hydrogen (secondary N) is 1. The van der Waals surface area contributed by atoms with E-state index >= 15 is 0 Å². The topological polar surface area (TPSA) is 44.5 Å². The Morgan fingerprint density at radius 2 is 1.95 bits per heavy atom. The molecule has 0 fully saturated rings. The molecular weight excluding hydrogens is 273 g/mol. The first-order valence-corrected chi connectivity index (χ1v) is 6.45. The van der Waals surface area contributed by atoms with E-state index in [0.29, 0.717) is 22.4 Å². The number of imidazole rings is 1. The van der Waals surface area contributed by atoms with Gasteiger partial charge in [0.05, 0.1) is 29.2 Å². The number of H-pyrrole nitrogens is 1. The van der Waals surface area contributed by atoms with Crippen LogP contribution in [0.2, 0.25) is 0 Å². The molecule has 0 aliphatic rings. The van der Waals surface area contributed by atoms with Gasteiger partial charge in [0.1, 0.15) is 5.82 Å². The van der Waals surface area contributed by atoms with Crippen molar-refractivity contribution in [3.8, 4) is 6.07 Å². The van der Waals surface area contributed by atoms with E-state index in [2.05, 4.69) is 11.1 Å². The van der Waals surface area contributed by atoms with Gasteiger partial charge in [-0.2, -0.15) is 5.26 Å². The Morgan fingerprint density at radius 1 is 1.20 bits per heavy atom. The Hall–Kier alpha value is -2.45. The lowest BCUT2D eigenvalue weighted by molar-refractivity contribution is 0.629. The van der Waals surface area contributed by atoms with Gasteiger partial charge in [-0.3, -0.25) is 0 Å². The SMILES string of the molecule is N#Cc1ccc(Cn2c(=S)[nH]c3cc(F)ccc32)cc1. The molecule has 0 saturated heterocycles. The van der Waals surface area contributed by atoms with Crippen molar-refractivity contribution >= 4 is 23.3 Å². The fourth-order valence-corrected chi connectivity index (χ4v) is 2.43. The van der Waals surface area contributed by atoms with Crippen molar-refractivity contribution < 1.29 is 4.39 Å². The van der Waals surface area contributed by atoms with E-state index in [4.69, 9.17) is 17.5 Å². The highest BCUT2D eigenvalue weighted by Gasteiger charge is 2.06. The molecule has 98 valence electrons. The van der Waals surface area contributed by atoms with E-state index in [1.807, 2.05) is 16.7 Å². The van der Waals surface area contributed by atoms with Crippen molar-refractivity contribution in [1.82, 2.24) is 9.55 Å². The molecule has 3 nitrogen and oxygen atoms in total. The summed E-state index contributed by atoms with van der Waals surface area (Å²) in [6.45, 7) is 0.580. The summed E-state index contributed by atoms with van der Waals surface area (Å²) >= 11 is 5.28. The quantitative estimate of drug-likeness (QED) is 0.728. The third-order valence-electron chi connectivity index (χ3n) is 3.16. The number of benzene rings is 2. The van der Waals surface area contributed by atoms with Gasteiger partial charge in [-0.05, 0) is 48.1 Å². The average Bonchev–Trinajstić information content (AvgIpc) is 2.75. The van der Waals surface area contributed by atoms with Crippen LogP contribution in [-0.4, -0.2) is 9.55 Å². The fourth-order valence-electron chi connectivity index (χ4n) is 2.16. The summed E-state index contributed by atoms with van der Waals surface area (Å²) in [5.41, 5.74) is 3.20. The number of aromatic amines is 1. The molecule has 0 atom stereocenters. The first kappa shape index (κ1) is 12.6. The number of rotatable bonds is 2. The molecule has 2 aromatic carbocycles. The number of aromatic nitrogens is 2. The smallest absolute Gasteiger partial charge is 0.178 e. The van der Waals surface area contributed by atoms with Crippen LogP contribution < -0.4 is 0 Å². The molecule has 0 saturated carbocycles. The number of nitriles is 1. The third kappa shape index (κ3) is 2.22. The summed E-state index contributed by atoms with van der Waals surface area (Å²) in [5, 5.41) is 8.78. The van der Waals surface area contributed by atoms with E-state index in [1.165, 1.54) is 12.1 Å². The molecule has 1 N–H and O–H groups in total. The zero-order valence-electron chi connectivity index (χ0n) is 10.4. The summed E-state index contributed by atoms with van der Waals surface area (Å²) in [4.78, 5) is 3.00. The van der Waals surface area contributed by atoms with Crippen LogP contribution in [0, 0.1) is 21.9 Å². The zero-order chi connectivity index (χ0) is 14.1. The van der Waals surface area contributed by atoms with Crippen molar-refractivity contribution in [3.63, 3.8) is 0 Å². The first-order chi connectivity index (χ1) is 9.67. The van der Waals surface area contributed by atoms with Crippen molar-refractivity contribution in [2.75, 3.05) is 0 Å². The van der Waals surface area contributed by atoms with Crippen molar-refractivity contribution in [3.05, 3.63) is 64.2 Å². The largest absolute Gasteiger partial charge is 0.330 e. The second kappa shape index (κ2) is 4.91. The molecule has 5 heteroatoms. The van der Waals surface area contributed by atoms with Gasteiger partial charge in [0.25, 0.3) is 0 Å². The molecule has 0 aliphatic carbocycles. The average molecular weight is 283 g/mol. The molecular formula is C15H10FN3S. The van der Waals surface area contributed by atoms with Gasteiger partial charge in [-0.25, -0.2) is 4.39 Å². The van der Waals surface area contributed by atoms with Gasteiger partial charge in [0, 0.05) is 0 Å². The number of hydrogen-bond acceptors (Lipinski definition) is 2. The minimum atomic E-state index is -0.292. The Bertz CT molecular complexity index is 869. The maximum Gasteiger partial charge on any atom is 0.178 e. The molecule has 0 spiro atoms. The van der Waals surface area contributed by atoms with Gasteiger partial charge in [0.2, 0.25) is 0 Å². The minimum absolute atomic E-state index is 0.292. The summed E-state index contributed by atoms with van der Waals surface area (Å²) in [6, 6.07) is 14.0. The summed E-state index contributed by atoms with van der Waals surface area (Å²) in [7, 11) is 0. The Labute approximate surface area is 119 Å². The monoisotopic (exact) mass is 283 g/mol. The van der Waals surface area contributed by atoms with Gasteiger partial charge in [0.15, 0.2) is 4.77 Å². The molecule has 0 aliphatic heterocycles. The molecule has 3 aromatic rings. The first-order valence-electron chi connectivity index (χ1n) is 6.04. The van der Waals surface area contributed by atoms with Crippen LogP contribution in [0.15, 0.2) is 42.5 Å². The predicted octanol–water partition coefficient (Wildman–Crippen LogP) is 3.76. The second-order valence-electron chi connectivity index (χ2n) is 4.49. The van der Waals surface area contributed by atoms with Crippen molar-refractivity contribution in [1.29, 1.82) is 5.26 Å². The van der Waals surface area contributed by atoms with Gasteiger partial charge >= 0.3 is 0 Å². The number of fused-ring (bicyclic) bond motifs is 1. The summed E-state index contributed by atoms with van der Waals surface area (Å²) in [5.74, 6) is -0.292. The maximum atomic E-state index is 13.2. The van der Waals surface area contributed by atoms with Crippen LogP contribution in [0.25, 0.3) is 11.0 Å². The van der Waals surface area contributed by atoms with E-state index in [-0.39, 0.29) is 5.82 Å². The van der Waals surface area contributed by atoms with E-state index < -0.39 is 0 Å². The molecule has 0 bridgehead atoms. The molecule has 0 unspecified atom stereocenters. The highest BCUT2D eigenvalue weighted by molar-refractivity contribution is 7.71. The van der Waals surface area contributed by atoms with Crippen LogP contribution in [-0.2, 0) is 6.54 Å². The lowest BCUT2D eigenvalue weighted by Crippen LogP contribution is -1.99. The highest BCUT2D eigenvalue weighted by Crippen LogP contribution is 2.17. The zero-order valence-corrected chi connectivity index (χ0v) is 11.2. The Balaban J connectivity index is 2.04. The predicted molar refractivity (Wildman–Crippen MR) is 77.3 cm³/mol. The molecule has 0 radical (unpaired) electrons. The molecule has 1 heterocycles. The van der Waals surface area contributed by atoms with Gasteiger partial charge in [-0.15, -0.1) is 0 Å². The third-order valence-corrected chi connectivity index (χ3v) is 3.48. The van der Waals surface area contributed by atoms with Crippen LogP contribution in [0.5, 0.6) is 0 Å². The Morgan fingerprint density at radius 3 is 2.65 bits per heavy atom. The van der Waals surface area contributed by atoms with E-state index in [9.17, 15) is 4.39 Å². The molecule has 1 aromatic heterocycles. The molecule has 20 heavy (non-hydrogen) atoms. The van der Waals surface area contributed by atoms with Crippen LogP contribution >= 0.6 is 12.2 Å². The van der Waals surface area contributed by atoms with Gasteiger partial charge < -0.3 is 9.55 Å². The minimum Gasteiger partial charge on any atom is -0.330 e. The van der Waals surface area contributed by atoms with E-state index in [1.54, 1.807) is 18.2 Å². The van der Waals surface area contributed by atoms with Crippen LogP contribution in [0.1, 0.15) is 11.1 Å². The lowest BCUT2D eigenvalue weighted by Gasteiger charge is -2.05. The van der Waals surface area contributed by atoms with E-state index in [0.717, 1.165) is 11.1 Å². The highest BCUT2D eigenvalue weighted by atomic mass is 32.1. The summed E-state index contributed by atoms with van der Waals surface area (Å²) < 4.78 is 15.7. The Kier molecular flexibility index (Phi) is 3.09. The molecule has 3 rings (SSSR count). The van der Waals surface area contributed by atoms with Crippen molar-refractivity contribution in [2.24, 2.45) is 0 Å². The van der Waals surface area contributed by atoms with Crippen LogP contribution in [0.3, 0.4) is 0 Å². The lowest BCUT2D eigenvalue weighted by atomic mass is 10.1. The van der Waals surface area contributed by atoms with Crippen LogP contribution in [0.4, 0.5) is 4.39 Å². The normalized spacial score (nSPS) is 10.6. The number of halogens is 1. The standard InChI is InChI=1S/C15H10FN3S/c16-12-5-6-14-13(7-12)18-15(20)19(14)9-11-3-1-10(8-17)2-4-11/h1-7H,9H2,(H,18,20). The number of hydrogen-bond donors (Lipinski definition) is 1. The summed E-state index contributed by atoms with van der Waals surface area (Å²) in [6.07, 6.45) is 0.